The Morgan fingerprint density at radius 2 is 1.95 bits per heavy atom. The van der Waals surface area contributed by atoms with Gasteiger partial charge in [0, 0.05) is 12.2 Å². The van der Waals surface area contributed by atoms with Crippen molar-refractivity contribution < 1.29 is 18.3 Å². The Morgan fingerprint density at radius 3 is 2.55 bits per heavy atom. The zero-order valence-corrected chi connectivity index (χ0v) is 11.7. The van der Waals surface area contributed by atoms with E-state index in [4.69, 9.17) is 4.74 Å². The summed E-state index contributed by atoms with van der Waals surface area (Å²) in [5.74, 6) is -1.98. The van der Waals surface area contributed by atoms with E-state index >= 15 is 0 Å². The summed E-state index contributed by atoms with van der Waals surface area (Å²) in [5.41, 5.74) is 0.188. The maximum atomic E-state index is 13.3. The molecule has 1 aromatic rings. The monoisotopic (exact) mass is 282 g/mol. The van der Waals surface area contributed by atoms with E-state index in [0.717, 1.165) is 37.8 Å². The van der Waals surface area contributed by atoms with Crippen LogP contribution in [-0.4, -0.2) is 18.5 Å². The first kappa shape index (κ1) is 15.1. The number of carbonyl (C=O) groups excluding carboxylic acids is 1. The minimum atomic E-state index is -0.991. The van der Waals surface area contributed by atoms with Crippen molar-refractivity contribution in [1.82, 2.24) is 0 Å². The molecule has 1 aliphatic rings. The van der Waals surface area contributed by atoms with Gasteiger partial charge in [0.05, 0.1) is 0 Å². The quantitative estimate of drug-likeness (QED) is 0.759. The van der Waals surface area contributed by atoms with Gasteiger partial charge in [0.1, 0.15) is 6.10 Å². The number of halogens is 2. The third-order valence-electron chi connectivity index (χ3n) is 3.89. The van der Waals surface area contributed by atoms with E-state index in [2.05, 4.69) is 0 Å². The lowest BCUT2D eigenvalue weighted by atomic mass is 9.82. The topological polar surface area (TPSA) is 26.3 Å². The molecule has 1 atom stereocenters. The van der Waals surface area contributed by atoms with Crippen molar-refractivity contribution in [2.45, 2.75) is 45.1 Å². The van der Waals surface area contributed by atoms with Crippen LogP contribution < -0.4 is 0 Å². The number of ether oxygens (including phenoxy) is 1. The molecule has 1 unspecified atom stereocenters. The molecule has 0 radical (unpaired) electrons. The molecule has 0 bridgehead atoms. The molecule has 1 saturated carbocycles. The lowest BCUT2D eigenvalue weighted by Crippen LogP contribution is -2.34. The van der Waals surface area contributed by atoms with Crippen molar-refractivity contribution in [2.75, 3.05) is 6.61 Å². The van der Waals surface area contributed by atoms with Crippen molar-refractivity contribution in [3.05, 3.63) is 35.4 Å². The molecule has 2 nitrogen and oxygen atoms in total. The first-order valence-electron chi connectivity index (χ1n) is 7.24. The number of ketones is 1. The normalized spacial score (nSPS) is 17.9. The van der Waals surface area contributed by atoms with Crippen molar-refractivity contribution in [3.63, 3.8) is 0 Å². The van der Waals surface area contributed by atoms with Crippen LogP contribution in [0.3, 0.4) is 0 Å². The Bertz CT molecular complexity index is 468. The summed E-state index contributed by atoms with van der Waals surface area (Å²) in [6.07, 6.45) is 4.76. The third-order valence-corrected chi connectivity index (χ3v) is 3.89. The zero-order chi connectivity index (χ0) is 14.5. The second-order valence-corrected chi connectivity index (χ2v) is 5.27. The van der Waals surface area contributed by atoms with E-state index in [9.17, 15) is 13.6 Å². The molecule has 110 valence electrons. The summed E-state index contributed by atoms with van der Waals surface area (Å²) >= 11 is 0. The third kappa shape index (κ3) is 3.42. The maximum Gasteiger partial charge on any atom is 0.191 e. The van der Waals surface area contributed by atoms with E-state index in [1.807, 2.05) is 6.92 Å². The van der Waals surface area contributed by atoms with Crippen LogP contribution in [0.2, 0.25) is 0 Å². The number of hydrogen-bond acceptors (Lipinski definition) is 2. The van der Waals surface area contributed by atoms with E-state index in [1.54, 1.807) is 0 Å². The Hall–Kier alpha value is -1.29. The average Bonchev–Trinajstić information content (AvgIpc) is 2.48. The van der Waals surface area contributed by atoms with Crippen LogP contribution in [0.15, 0.2) is 18.2 Å². The highest BCUT2D eigenvalue weighted by atomic mass is 19.2. The largest absolute Gasteiger partial charge is 0.370 e. The molecule has 0 aliphatic heterocycles. The molecule has 1 aliphatic carbocycles. The van der Waals surface area contributed by atoms with Crippen molar-refractivity contribution in [1.29, 1.82) is 0 Å². The first-order valence-corrected chi connectivity index (χ1v) is 7.24. The van der Waals surface area contributed by atoms with Crippen LogP contribution in [0, 0.1) is 17.6 Å². The molecule has 0 aromatic heterocycles. The Labute approximate surface area is 118 Å². The molecule has 0 amide bonds. The highest BCUT2D eigenvalue weighted by Crippen LogP contribution is 2.30. The summed E-state index contributed by atoms with van der Waals surface area (Å²) in [6, 6.07) is 3.29. The summed E-state index contributed by atoms with van der Waals surface area (Å²) in [7, 11) is 0. The second kappa shape index (κ2) is 6.93. The molecule has 1 fully saturated rings. The van der Waals surface area contributed by atoms with Gasteiger partial charge in [-0.25, -0.2) is 8.78 Å². The molecule has 1 aromatic carbocycles. The molecule has 0 saturated heterocycles. The number of hydrogen-bond donors (Lipinski definition) is 0. The van der Waals surface area contributed by atoms with E-state index in [1.165, 1.54) is 12.5 Å². The molecule has 4 heteroatoms. The number of carbonyl (C=O) groups is 1. The highest BCUT2D eigenvalue weighted by molar-refractivity contribution is 5.99. The first-order chi connectivity index (χ1) is 9.63. The van der Waals surface area contributed by atoms with E-state index in [0.29, 0.717) is 6.61 Å². The van der Waals surface area contributed by atoms with Crippen molar-refractivity contribution in [3.8, 4) is 0 Å². The smallest absolute Gasteiger partial charge is 0.191 e. The van der Waals surface area contributed by atoms with Crippen LogP contribution in [0.4, 0.5) is 8.78 Å². The average molecular weight is 282 g/mol. The van der Waals surface area contributed by atoms with Gasteiger partial charge in [0.15, 0.2) is 17.4 Å². The molecule has 0 heterocycles. The van der Waals surface area contributed by atoms with Crippen LogP contribution in [0.5, 0.6) is 0 Å². The minimum absolute atomic E-state index is 0.185. The fourth-order valence-corrected chi connectivity index (χ4v) is 2.86. The summed E-state index contributed by atoms with van der Waals surface area (Å²) in [4.78, 5) is 12.5. The Kier molecular flexibility index (Phi) is 5.24. The van der Waals surface area contributed by atoms with Gasteiger partial charge in [-0.3, -0.25) is 4.79 Å². The molecule has 0 N–H and O–H groups in total. The van der Waals surface area contributed by atoms with Gasteiger partial charge in [-0.05, 0) is 43.9 Å². The van der Waals surface area contributed by atoms with Crippen molar-refractivity contribution >= 4 is 5.78 Å². The molecule has 0 spiro atoms. The van der Waals surface area contributed by atoms with Crippen molar-refractivity contribution in [2.24, 2.45) is 5.92 Å². The van der Waals surface area contributed by atoms with Gasteiger partial charge in [-0.15, -0.1) is 0 Å². The summed E-state index contributed by atoms with van der Waals surface area (Å²) in [5, 5.41) is 0. The molecule has 2 rings (SSSR count). The predicted octanol–water partition coefficient (Wildman–Crippen LogP) is 4.13. The molecule has 20 heavy (non-hydrogen) atoms. The second-order valence-electron chi connectivity index (χ2n) is 5.27. The van der Waals surface area contributed by atoms with Gasteiger partial charge >= 0.3 is 0 Å². The van der Waals surface area contributed by atoms with E-state index < -0.39 is 17.7 Å². The minimum Gasteiger partial charge on any atom is -0.370 e. The molecular formula is C16H20F2O2. The van der Waals surface area contributed by atoms with Crippen LogP contribution in [0.25, 0.3) is 0 Å². The standard InChI is InChI=1S/C16H20F2O2/c1-2-20-16(11-6-4-3-5-7-11)15(19)12-8-9-13(17)14(18)10-12/h8-11,16H,2-7H2,1H3. The van der Waals surface area contributed by atoms with Crippen LogP contribution >= 0.6 is 0 Å². The number of benzene rings is 1. The molecular weight excluding hydrogens is 262 g/mol. The van der Waals surface area contributed by atoms with Gasteiger partial charge < -0.3 is 4.74 Å². The highest BCUT2D eigenvalue weighted by Gasteiger charge is 2.31. The lowest BCUT2D eigenvalue weighted by molar-refractivity contribution is 0.0126. The van der Waals surface area contributed by atoms with Crippen LogP contribution in [0.1, 0.15) is 49.4 Å². The van der Waals surface area contributed by atoms with Gasteiger partial charge in [-0.2, -0.15) is 0 Å². The van der Waals surface area contributed by atoms with Crippen LogP contribution in [-0.2, 0) is 4.74 Å². The van der Waals surface area contributed by atoms with Gasteiger partial charge in [0.25, 0.3) is 0 Å². The summed E-state index contributed by atoms with van der Waals surface area (Å²) < 4.78 is 31.8. The predicted molar refractivity (Wildman–Crippen MR) is 72.7 cm³/mol. The van der Waals surface area contributed by atoms with E-state index in [-0.39, 0.29) is 17.3 Å². The van der Waals surface area contributed by atoms with Gasteiger partial charge in [0.2, 0.25) is 0 Å². The summed E-state index contributed by atoms with van der Waals surface area (Å²) in [6.45, 7) is 2.28. The fraction of sp³-hybridized carbons (Fsp3) is 0.562. The Balaban J connectivity index is 2.18. The maximum absolute atomic E-state index is 13.3. The van der Waals surface area contributed by atoms with Gasteiger partial charge in [-0.1, -0.05) is 19.3 Å². The number of Topliss-reactive ketones (excluding diaryl/α,β-unsaturated/α-hetero) is 1. The number of rotatable bonds is 5. The SMILES string of the molecule is CCOC(C(=O)c1ccc(F)c(F)c1)C1CCCCC1. The zero-order valence-electron chi connectivity index (χ0n) is 11.7. The lowest BCUT2D eigenvalue weighted by Gasteiger charge is -2.29. The Morgan fingerprint density at radius 1 is 1.25 bits per heavy atom. The fourth-order valence-electron chi connectivity index (χ4n) is 2.86.